The van der Waals surface area contributed by atoms with Crippen LogP contribution in [-0.2, 0) is 19.1 Å². The fraction of sp³-hybridized carbons (Fsp3) is 0.800. The largest absolute Gasteiger partial charge is 0.464 e. The number of carbonyl (C=O) groups is 3. The molecule has 0 aromatic heterocycles. The average molecular weight is 285 g/mol. The monoisotopic (exact) mass is 285 g/mol. The maximum atomic E-state index is 11.6. The summed E-state index contributed by atoms with van der Waals surface area (Å²) >= 11 is 0. The standard InChI is InChI=1S/C15H27NO4/c1-10(2)9-20-15(19)12(5)16-14(18)8-6-7-13(17)11(3)4/h10-12H,6-9H2,1-5H3,(H,16,18). The minimum atomic E-state index is -0.651. The van der Waals surface area contributed by atoms with Gasteiger partial charge in [0.05, 0.1) is 6.61 Å². The number of Topliss-reactive ketones (excluding diaryl/α,β-unsaturated/α-hetero) is 1. The van der Waals surface area contributed by atoms with Gasteiger partial charge in [-0.1, -0.05) is 27.7 Å². The molecule has 0 aromatic carbocycles. The van der Waals surface area contributed by atoms with E-state index in [4.69, 9.17) is 4.74 Å². The molecule has 0 aliphatic carbocycles. The van der Waals surface area contributed by atoms with Crippen molar-refractivity contribution in [2.75, 3.05) is 6.61 Å². The molecule has 0 radical (unpaired) electrons. The number of esters is 1. The molecule has 0 aliphatic heterocycles. The van der Waals surface area contributed by atoms with Crippen molar-refractivity contribution in [2.24, 2.45) is 11.8 Å². The minimum Gasteiger partial charge on any atom is -0.464 e. The van der Waals surface area contributed by atoms with E-state index in [0.29, 0.717) is 19.4 Å². The Morgan fingerprint density at radius 2 is 1.60 bits per heavy atom. The van der Waals surface area contributed by atoms with Crippen LogP contribution in [0.1, 0.15) is 53.9 Å². The first-order valence-corrected chi connectivity index (χ1v) is 7.22. The average Bonchev–Trinajstić information content (AvgIpc) is 2.35. The van der Waals surface area contributed by atoms with Gasteiger partial charge in [0.25, 0.3) is 0 Å². The maximum Gasteiger partial charge on any atom is 0.328 e. The first kappa shape index (κ1) is 18.6. The van der Waals surface area contributed by atoms with Crippen LogP contribution < -0.4 is 5.32 Å². The van der Waals surface area contributed by atoms with Gasteiger partial charge in [0, 0.05) is 18.8 Å². The Hall–Kier alpha value is -1.39. The van der Waals surface area contributed by atoms with Gasteiger partial charge in [-0.3, -0.25) is 9.59 Å². The fourth-order valence-electron chi connectivity index (χ4n) is 1.46. The van der Waals surface area contributed by atoms with Crippen molar-refractivity contribution in [3.63, 3.8) is 0 Å². The van der Waals surface area contributed by atoms with Crippen LogP contribution in [0.5, 0.6) is 0 Å². The topological polar surface area (TPSA) is 72.5 Å². The predicted octanol–water partition coefficient (Wildman–Crippen LogP) is 2.09. The normalized spacial score (nSPS) is 12.3. The van der Waals surface area contributed by atoms with Crippen LogP contribution in [0.3, 0.4) is 0 Å². The highest BCUT2D eigenvalue weighted by molar-refractivity contribution is 5.85. The van der Waals surface area contributed by atoms with Crippen LogP contribution in [0.15, 0.2) is 0 Å². The molecule has 0 fully saturated rings. The molecule has 0 aromatic rings. The first-order chi connectivity index (χ1) is 9.23. The van der Waals surface area contributed by atoms with Gasteiger partial charge in [-0.2, -0.15) is 0 Å². The van der Waals surface area contributed by atoms with Crippen molar-refractivity contribution in [1.82, 2.24) is 5.32 Å². The zero-order chi connectivity index (χ0) is 15.7. The number of rotatable bonds is 9. The molecule has 0 heterocycles. The van der Waals surface area contributed by atoms with E-state index in [0.717, 1.165) is 0 Å². The summed E-state index contributed by atoms with van der Waals surface area (Å²) in [7, 11) is 0. The Morgan fingerprint density at radius 3 is 2.10 bits per heavy atom. The predicted molar refractivity (Wildman–Crippen MR) is 77.1 cm³/mol. The van der Waals surface area contributed by atoms with Gasteiger partial charge < -0.3 is 10.1 Å². The molecule has 0 spiro atoms. The second kappa shape index (κ2) is 9.50. The number of ketones is 1. The number of hydrogen-bond donors (Lipinski definition) is 1. The van der Waals surface area contributed by atoms with Gasteiger partial charge >= 0.3 is 5.97 Å². The summed E-state index contributed by atoms with van der Waals surface area (Å²) in [6.07, 6.45) is 1.16. The van der Waals surface area contributed by atoms with Crippen molar-refractivity contribution in [1.29, 1.82) is 0 Å². The number of ether oxygens (including phenoxy) is 1. The van der Waals surface area contributed by atoms with Crippen molar-refractivity contribution in [3.8, 4) is 0 Å². The van der Waals surface area contributed by atoms with Crippen LogP contribution in [0, 0.1) is 11.8 Å². The summed E-state index contributed by atoms with van der Waals surface area (Å²) in [6, 6.07) is -0.651. The van der Waals surface area contributed by atoms with E-state index in [1.165, 1.54) is 0 Å². The molecule has 1 N–H and O–H groups in total. The zero-order valence-electron chi connectivity index (χ0n) is 13.2. The molecule has 0 aliphatic rings. The van der Waals surface area contributed by atoms with Gasteiger partial charge in [-0.25, -0.2) is 4.79 Å². The van der Waals surface area contributed by atoms with E-state index in [2.05, 4.69) is 5.32 Å². The molecular formula is C15H27NO4. The molecule has 116 valence electrons. The van der Waals surface area contributed by atoms with Crippen LogP contribution in [0.2, 0.25) is 0 Å². The van der Waals surface area contributed by atoms with Crippen LogP contribution in [0.4, 0.5) is 0 Å². The molecule has 5 heteroatoms. The summed E-state index contributed by atoms with van der Waals surface area (Å²) in [6.45, 7) is 9.52. The molecular weight excluding hydrogens is 258 g/mol. The van der Waals surface area contributed by atoms with Gasteiger partial charge in [-0.05, 0) is 19.3 Å². The van der Waals surface area contributed by atoms with Crippen molar-refractivity contribution >= 4 is 17.7 Å². The highest BCUT2D eigenvalue weighted by Gasteiger charge is 2.17. The third-order valence-electron chi connectivity index (χ3n) is 2.76. The summed E-state index contributed by atoms with van der Waals surface area (Å²) in [4.78, 5) is 34.6. The summed E-state index contributed by atoms with van der Waals surface area (Å²) in [5.74, 6) is -0.227. The highest BCUT2D eigenvalue weighted by atomic mass is 16.5. The quantitative estimate of drug-likeness (QED) is 0.658. The van der Waals surface area contributed by atoms with Gasteiger partial charge in [0.1, 0.15) is 11.8 Å². The van der Waals surface area contributed by atoms with E-state index in [1.54, 1.807) is 6.92 Å². The van der Waals surface area contributed by atoms with E-state index < -0.39 is 12.0 Å². The van der Waals surface area contributed by atoms with Gasteiger partial charge in [0.15, 0.2) is 0 Å². The molecule has 0 saturated heterocycles. The number of carbonyl (C=O) groups excluding carboxylic acids is 3. The molecule has 0 bridgehead atoms. The Bertz CT molecular complexity index is 337. The lowest BCUT2D eigenvalue weighted by atomic mass is 10.0. The molecule has 1 unspecified atom stereocenters. The smallest absolute Gasteiger partial charge is 0.328 e. The molecule has 0 rings (SSSR count). The lowest BCUT2D eigenvalue weighted by Gasteiger charge is -2.14. The van der Waals surface area contributed by atoms with Crippen molar-refractivity contribution < 1.29 is 19.1 Å². The lowest BCUT2D eigenvalue weighted by Crippen LogP contribution is -2.39. The van der Waals surface area contributed by atoms with Gasteiger partial charge in [0.2, 0.25) is 5.91 Å². The zero-order valence-corrected chi connectivity index (χ0v) is 13.2. The Morgan fingerprint density at radius 1 is 1.00 bits per heavy atom. The Labute approximate surface area is 121 Å². The summed E-state index contributed by atoms with van der Waals surface area (Å²) in [5.41, 5.74) is 0. The van der Waals surface area contributed by atoms with Crippen LogP contribution in [0.25, 0.3) is 0 Å². The summed E-state index contributed by atoms with van der Waals surface area (Å²) < 4.78 is 5.03. The van der Waals surface area contributed by atoms with Crippen molar-refractivity contribution in [2.45, 2.75) is 59.9 Å². The van der Waals surface area contributed by atoms with E-state index in [-0.39, 0.29) is 29.9 Å². The number of hydrogen-bond acceptors (Lipinski definition) is 4. The van der Waals surface area contributed by atoms with E-state index in [1.807, 2.05) is 27.7 Å². The third-order valence-corrected chi connectivity index (χ3v) is 2.76. The van der Waals surface area contributed by atoms with E-state index >= 15 is 0 Å². The fourth-order valence-corrected chi connectivity index (χ4v) is 1.46. The molecule has 0 saturated carbocycles. The second-order valence-electron chi connectivity index (χ2n) is 5.79. The van der Waals surface area contributed by atoms with Crippen LogP contribution in [-0.4, -0.2) is 30.3 Å². The number of amides is 1. The first-order valence-electron chi connectivity index (χ1n) is 7.22. The van der Waals surface area contributed by atoms with Crippen molar-refractivity contribution in [3.05, 3.63) is 0 Å². The van der Waals surface area contributed by atoms with Crippen LogP contribution >= 0.6 is 0 Å². The Balaban J connectivity index is 3.90. The minimum absolute atomic E-state index is 0.00277. The van der Waals surface area contributed by atoms with Gasteiger partial charge in [-0.15, -0.1) is 0 Å². The SMILES string of the molecule is CC(C)COC(=O)C(C)NC(=O)CCCC(=O)C(C)C. The highest BCUT2D eigenvalue weighted by Crippen LogP contribution is 2.04. The van der Waals surface area contributed by atoms with E-state index in [9.17, 15) is 14.4 Å². The third kappa shape index (κ3) is 8.67. The Kier molecular flexibility index (Phi) is 8.84. The molecule has 1 amide bonds. The summed E-state index contributed by atoms with van der Waals surface area (Å²) in [5, 5.41) is 2.58. The molecule has 1 atom stereocenters. The molecule has 5 nitrogen and oxygen atoms in total. The maximum absolute atomic E-state index is 11.6. The number of nitrogens with one attached hydrogen (secondary N) is 1. The molecule has 20 heavy (non-hydrogen) atoms. The second-order valence-corrected chi connectivity index (χ2v) is 5.79. The lowest BCUT2D eigenvalue weighted by molar-refractivity contribution is -0.148.